The molecule has 0 aromatic heterocycles. The van der Waals surface area contributed by atoms with E-state index in [2.05, 4.69) is 32.6 Å². The van der Waals surface area contributed by atoms with Crippen molar-refractivity contribution in [3.8, 4) is 0 Å². The van der Waals surface area contributed by atoms with Crippen molar-refractivity contribution in [1.29, 1.82) is 0 Å². The Bertz CT molecular complexity index is 433. The standard InChI is InChI=1S/C15H23OP/c1-7-13-10(2)8-12(9-14(13)17-6)15(4,5)11(3)16/h8-9,17H,7H2,1-6H3. The number of hydrogen-bond donors (Lipinski definition) is 0. The molecule has 1 atom stereocenters. The fourth-order valence-electron chi connectivity index (χ4n) is 2.07. The third-order valence-corrected chi connectivity index (χ3v) is 4.68. The van der Waals surface area contributed by atoms with Crippen molar-refractivity contribution >= 4 is 19.7 Å². The minimum Gasteiger partial charge on any atom is -0.299 e. The summed E-state index contributed by atoms with van der Waals surface area (Å²) in [5.74, 6) is 0.228. The van der Waals surface area contributed by atoms with Gasteiger partial charge in [0.1, 0.15) is 5.78 Å². The lowest BCUT2D eigenvalue weighted by atomic mass is 9.80. The summed E-state index contributed by atoms with van der Waals surface area (Å²) in [5.41, 5.74) is 3.56. The molecular weight excluding hydrogens is 227 g/mol. The van der Waals surface area contributed by atoms with Crippen molar-refractivity contribution in [3.05, 3.63) is 28.8 Å². The Morgan fingerprint density at radius 3 is 2.35 bits per heavy atom. The number of Topliss-reactive ketones (excluding diaryl/α,β-unsaturated/α-hetero) is 1. The highest BCUT2D eigenvalue weighted by atomic mass is 31.1. The Balaban J connectivity index is 3.39. The highest BCUT2D eigenvalue weighted by Gasteiger charge is 2.27. The zero-order valence-electron chi connectivity index (χ0n) is 11.8. The van der Waals surface area contributed by atoms with Gasteiger partial charge >= 0.3 is 0 Å². The lowest BCUT2D eigenvalue weighted by molar-refractivity contribution is -0.121. The molecule has 0 fully saturated rings. The van der Waals surface area contributed by atoms with E-state index in [4.69, 9.17) is 0 Å². The first-order valence-corrected chi connectivity index (χ1v) is 7.67. The molecule has 17 heavy (non-hydrogen) atoms. The predicted octanol–water partition coefficient (Wildman–Crippen LogP) is 3.36. The van der Waals surface area contributed by atoms with Gasteiger partial charge in [-0.15, -0.1) is 0 Å². The first kappa shape index (κ1) is 14.4. The molecule has 0 aliphatic carbocycles. The van der Waals surface area contributed by atoms with E-state index in [0.29, 0.717) is 0 Å². The first-order chi connectivity index (χ1) is 7.84. The third kappa shape index (κ3) is 2.77. The second kappa shape index (κ2) is 5.31. The van der Waals surface area contributed by atoms with Crippen LogP contribution in [0, 0.1) is 6.92 Å². The van der Waals surface area contributed by atoms with Gasteiger partial charge in [0.25, 0.3) is 0 Å². The van der Waals surface area contributed by atoms with E-state index < -0.39 is 0 Å². The second-order valence-electron chi connectivity index (χ2n) is 5.10. The van der Waals surface area contributed by atoms with Crippen molar-refractivity contribution < 1.29 is 4.79 Å². The Labute approximate surface area is 107 Å². The molecule has 1 nitrogen and oxygen atoms in total. The Morgan fingerprint density at radius 1 is 1.35 bits per heavy atom. The number of benzene rings is 1. The summed E-state index contributed by atoms with van der Waals surface area (Å²) < 4.78 is 0. The average molecular weight is 250 g/mol. The zero-order valence-corrected chi connectivity index (χ0v) is 12.8. The van der Waals surface area contributed by atoms with Gasteiger partial charge in [0.2, 0.25) is 0 Å². The average Bonchev–Trinajstić information content (AvgIpc) is 2.27. The number of ketones is 1. The smallest absolute Gasteiger partial charge is 0.139 e. The molecule has 94 valence electrons. The fraction of sp³-hybridized carbons (Fsp3) is 0.533. The van der Waals surface area contributed by atoms with Gasteiger partial charge in [0.05, 0.1) is 0 Å². The molecule has 2 heteroatoms. The molecule has 1 rings (SSSR count). The van der Waals surface area contributed by atoms with Gasteiger partial charge in [0, 0.05) is 5.41 Å². The van der Waals surface area contributed by atoms with Gasteiger partial charge in [0.15, 0.2) is 0 Å². The van der Waals surface area contributed by atoms with Crippen molar-refractivity contribution in [1.82, 2.24) is 0 Å². The van der Waals surface area contributed by atoms with E-state index >= 15 is 0 Å². The van der Waals surface area contributed by atoms with Crippen LogP contribution in [0.3, 0.4) is 0 Å². The molecule has 1 unspecified atom stereocenters. The van der Waals surface area contributed by atoms with Gasteiger partial charge in [-0.25, -0.2) is 0 Å². The quantitative estimate of drug-likeness (QED) is 0.749. The van der Waals surface area contributed by atoms with Crippen molar-refractivity contribution in [2.45, 2.75) is 46.5 Å². The van der Waals surface area contributed by atoms with E-state index in [9.17, 15) is 4.79 Å². The van der Waals surface area contributed by atoms with Crippen LogP contribution in [-0.4, -0.2) is 12.4 Å². The van der Waals surface area contributed by atoms with Gasteiger partial charge in [-0.3, -0.25) is 4.79 Å². The molecule has 0 spiro atoms. The van der Waals surface area contributed by atoms with Gasteiger partial charge in [-0.2, -0.15) is 0 Å². The second-order valence-corrected chi connectivity index (χ2v) is 6.14. The number of aryl methyl sites for hydroxylation is 1. The third-order valence-electron chi connectivity index (χ3n) is 3.70. The molecule has 1 aromatic rings. The Hall–Kier alpha value is -0.680. The molecule has 0 bridgehead atoms. The van der Waals surface area contributed by atoms with Crippen molar-refractivity contribution in [3.63, 3.8) is 0 Å². The number of carbonyl (C=O) groups is 1. The van der Waals surface area contributed by atoms with E-state index in [-0.39, 0.29) is 11.2 Å². The lowest BCUT2D eigenvalue weighted by Crippen LogP contribution is -2.28. The summed E-state index contributed by atoms with van der Waals surface area (Å²) in [6.45, 7) is 12.3. The molecular formula is C15H23OP. The van der Waals surface area contributed by atoms with Gasteiger partial charge in [-0.05, 0) is 62.8 Å². The summed E-state index contributed by atoms with van der Waals surface area (Å²) in [7, 11) is 0.790. The summed E-state index contributed by atoms with van der Waals surface area (Å²) in [5, 5.41) is 1.41. The zero-order chi connectivity index (χ0) is 13.2. The van der Waals surface area contributed by atoms with Crippen LogP contribution in [-0.2, 0) is 16.6 Å². The van der Waals surface area contributed by atoms with Crippen LogP contribution < -0.4 is 5.30 Å². The maximum atomic E-state index is 11.7. The highest BCUT2D eigenvalue weighted by Crippen LogP contribution is 2.27. The molecule has 0 radical (unpaired) electrons. The number of hydrogen-bond acceptors (Lipinski definition) is 1. The van der Waals surface area contributed by atoms with Crippen LogP contribution in [0.15, 0.2) is 12.1 Å². The molecule has 0 saturated heterocycles. The first-order valence-electron chi connectivity index (χ1n) is 6.17. The summed E-state index contributed by atoms with van der Waals surface area (Å²) in [4.78, 5) is 11.7. The minimum atomic E-state index is -0.370. The van der Waals surface area contributed by atoms with Gasteiger partial charge in [-0.1, -0.05) is 27.6 Å². The molecule has 0 aliphatic rings. The molecule has 0 aliphatic heterocycles. The Kier molecular flexibility index (Phi) is 4.49. The minimum absolute atomic E-state index is 0.228. The SMILES string of the molecule is CCc1c(C)cc(C(C)(C)C(C)=O)cc1PC. The largest absolute Gasteiger partial charge is 0.299 e. The Morgan fingerprint density at radius 2 is 1.94 bits per heavy atom. The van der Waals surface area contributed by atoms with Crippen LogP contribution in [0.4, 0.5) is 0 Å². The van der Waals surface area contributed by atoms with E-state index in [0.717, 1.165) is 20.6 Å². The number of rotatable bonds is 4. The topological polar surface area (TPSA) is 17.1 Å². The molecule has 0 heterocycles. The summed E-state index contributed by atoms with van der Waals surface area (Å²) in [6.07, 6.45) is 1.07. The fourth-order valence-corrected chi connectivity index (χ4v) is 3.05. The predicted molar refractivity (Wildman–Crippen MR) is 78.1 cm³/mol. The monoisotopic (exact) mass is 250 g/mol. The van der Waals surface area contributed by atoms with Crippen LogP contribution in [0.2, 0.25) is 0 Å². The van der Waals surface area contributed by atoms with Crippen LogP contribution in [0.25, 0.3) is 0 Å². The van der Waals surface area contributed by atoms with Crippen molar-refractivity contribution in [2.24, 2.45) is 0 Å². The van der Waals surface area contributed by atoms with Crippen molar-refractivity contribution in [2.75, 3.05) is 6.66 Å². The normalized spacial score (nSPS) is 12.4. The highest BCUT2D eigenvalue weighted by molar-refractivity contribution is 7.46. The molecule has 0 amide bonds. The maximum absolute atomic E-state index is 11.7. The molecule has 1 aromatic carbocycles. The molecule has 0 N–H and O–H groups in total. The molecule has 0 saturated carbocycles. The van der Waals surface area contributed by atoms with E-state index in [1.54, 1.807) is 6.92 Å². The lowest BCUT2D eigenvalue weighted by Gasteiger charge is -2.24. The summed E-state index contributed by atoms with van der Waals surface area (Å²) in [6, 6.07) is 4.41. The van der Waals surface area contributed by atoms with Gasteiger partial charge < -0.3 is 0 Å². The maximum Gasteiger partial charge on any atom is 0.139 e. The van der Waals surface area contributed by atoms with E-state index in [1.165, 1.54) is 16.4 Å². The number of carbonyl (C=O) groups excluding carboxylic acids is 1. The van der Waals surface area contributed by atoms with E-state index in [1.807, 2.05) is 13.8 Å². The van der Waals surface area contributed by atoms with Crippen LogP contribution >= 0.6 is 8.58 Å². The summed E-state index contributed by atoms with van der Waals surface area (Å²) >= 11 is 0. The van der Waals surface area contributed by atoms with Crippen LogP contribution in [0.5, 0.6) is 0 Å². The van der Waals surface area contributed by atoms with Crippen LogP contribution in [0.1, 0.15) is 44.4 Å².